The van der Waals surface area contributed by atoms with Crippen LogP contribution in [0.25, 0.3) is 0 Å². The van der Waals surface area contributed by atoms with Gasteiger partial charge in [0, 0.05) is 42.7 Å². The molecule has 1 unspecified atom stereocenters. The Bertz CT molecular complexity index is 592. The molecule has 0 amide bonds. The largest absolute Gasteiger partial charge is 0.356 e. The van der Waals surface area contributed by atoms with Gasteiger partial charge in [-0.05, 0) is 32.1 Å². The summed E-state index contributed by atoms with van der Waals surface area (Å²) in [5.41, 5.74) is 2.64. The van der Waals surface area contributed by atoms with Crippen LogP contribution in [0.3, 0.4) is 0 Å². The highest BCUT2D eigenvalue weighted by Gasteiger charge is 2.27. The van der Waals surface area contributed by atoms with Gasteiger partial charge in [-0.15, -0.1) is 0 Å². The van der Waals surface area contributed by atoms with Gasteiger partial charge in [0.15, 0.2) is 0 Å². The third kappa shape index (κ3) is 1.97. The molecule has 0 bridgehead atoms. The quantitative estimate of drug-likeness (QED) is 0.906. The van der Waals surface area contributed by atoms with Crippen molar-refractivity contribution in [2.45, 2.75) is 38.0 Å². The molecule has 0 saturated carbocycles. The summed E-state index contributed by atoms with van der Waals surface area (Å²) in [6.07, 6.45) is 11.4. The highest BCUT2D eigenvalue weighted by molar-refractivity contribution is 5.51. The van der Waals surface area contributed by atoms with Crippen LogP contribution in [-0.2, 0) is 12.8 Å². The van der Waals surface area contributed by atoms with E-state index in [0.29, 0.717) is 5.92 Å². The molecule has 0 aromatic carbocycles. The van der Waals surface area contributed by atoms with E-state index in [1.807, 2.05) is 12.4 Å². The summed E-state index contributed by atoms with van der Waals surface area (Å²) in [4.78, 5) is 19.1. The zero-order chi connectivity index (χ0) is 13.4. The van der Waals surface area contributed by atoms with Crippen LogP contribution in [-0.4, -0.2) is 33.0 Å². The van der Waals surface area contributed by atoms with Gasteiger partial charge in [-0.1, -0.05) is 0 Å². The molecule has 1 aliphatic heterocycles. The highest BCUT2D eigenvalue weighted by atomic mass is 15.2. The standard InChI is InChI=1S/C15H19N5/c1-4-12-13(5-1)18-10-19-15(12)20-8-2-3-11(9-20)14-16-6-7-17-14/h6-7,10-11H,1-5,8-9H2,(H,16,17). The van der Waals surface area contributed by atoms with Crippen LogP contribution in [0.4, 0.5) is 5.82 Å². The number of nitrogens with one attached hydrogen (secondary N) is 1. The Morgan fingerprint density at radius 1 is 1.15 bits per heavy atom. The van der Waals surface area contributed by atoms with Crippen LogP contribution in [0.1, 0.15) is 42.3 Å². The Morgan fingerprint density at radius 2 is 2.15 bits per heavy atom. The molecule has 2 aromatic heterocycles. The van der Waals surface area contributed by atoms with Crippen molar-refractivity contribution >= 4 is 5.82 Å². The Balaban J connectivity index is 1.61. The molecule has 1 atom stereocenters. The van der Waals surface area contributed by atoms with Gasteiger partial charge < -0.3 is 9.88 Å². The van der Waals surface area contributed by atoms with Crippen molar-refractivity contribution in [2.24, 2.45) is 0 Å². The summed E-state index contributed by atoms with van der Waals surface area (Å²) < 4.78 is 0. The normalized spacial score (nSPS) is 22.0. The summed E-state index contributed by atoms with van der Waals surface area (Å²) in [5.74, 6) is 2.77. The minimum absolute atomic E-state index is 0.491. The number of fused-ring (bicyclic) bond motifs is 1. The molecule has 3 heterocycles. The molecule has 5 nitrogen and oxygen atoms in total. The number of aromatic amines is 1. The number of piperidine rings is 1. The van der Waals surface area contributed by atoms with E-state index < -0.39 is 0 Å². The number of hydrogen-bond donors (Lipinski definition) is 1. The van der Waals surface area contributed by atoms with Gasteiger partial charge in [-0.3, -0.25) is 0 Å². The summed E-state index contributed by atoms with van der Waals surface area (Å²) in [6.45, 7) is 2.11. The fourth-order valence-corrected chi connectivity index (χ4v) is 3.51. The summed E-state index contributed by atoms with van der Waals surface area (Å²) >= 11 is 0. The van der Waals surface area contributed by atoms with E-state index in [1.54, 1.807) is 6.33 Å². The van der Waals surface area contributed by atoms with Gasteiger partial charge in [0.05, 0.1) is 0 Å². The highest BCUT2D eigenvalue weighted by Crippen LogP contribution is 2.32. The van der Waals surface area contributed by atoms with Gasteiger partial charge in [0.25, 0.3) is 0 Å². The maximum absolute atomic E-state index is 4.57. The third-order valence-electron chi connectivity index (χ3n) is 4.48. The Labute approximate surface area is 118 Å². The fraction of sp³-hybridized carbons (Fsp3) is 0.533. The molecule has 2 aliphatic rings. The van der Waals surface area contributed by atoms with Crippen LogP contribution in [0.15, 0.2) is 18.7 Å². The van der Waals surface area contributed by atoms with E-state index >= 15 is 0 Å². The number of aryl methyl sites for hydroxylation is 1. The minimum atomic E-state index is 0.491. The van der Waals surface area contributed by atoms with Crippen molar-refractivity contribution in [3.63, 3.8) is 0 Å². The van der Waals surface area contributed by atoms with Crippen LogP contribution in [0.2, 0.25) is 0 Å². The van der Waals surface area contributed by atoms with Crippen molar-refractivity contribution in [3.05, 3.63) is 35.8 Å². The Kier molecular flexibility index (Phi) is 2.90. The molecule has 20 heavy (non-hydrogen) atoms. The number of hydrogen-bond acceptors (Lipinski definition) is 4. The van der Waals surface area contributed by atoms with Crippen LogP contribution >= 0.6 is 0 Å². The lowest BCUT2D eigenvalue weighted by molar-refractivity contribution is 0.490. The van der Waals surface area contributed by atoms with Crippen LogP contribution < -0.4 is 4.90 Å². The molecule has 1 fully saturated rings. The molecule has 1 saturated heterocycles. The van der Waals surface area contributed by atoms with Gasteiger partial charge in [-0.2, -0.15) is 0 Å². The second kappa shape index (κ2) is 4.89. The van der Waals surface area contributed by atoms with Crippen LogP contribution in [0, 0.1) is 0 Å². The molecule has 1 N–H and O–H groups in total. The van der Waals surface area contributed by atoms with E-state index in [0.717, 1.165) is 31.8 Å². The first-order valence-corrected chi connectivity index (χ1v) is 7.49. The molecule has 1 aliphatic carbocycles. The molecule has 0 spiro atoms. The number of anilines is 1. The lowest BCUT2D eigenvalue weighted by Crippen LogP contribution is -2.36. The third-order valence-corrected chi connectivity index (χ3v) is 4.48. The predicted molar refractivity (Wildman–Crippen MR) is 76.8 cm³/mol. The lowest BCUT2D eigenvalue weighted by Gasteiger charge is -2.33. The smallest absolute Gasteiger partial charge is 0.135 e. The molecule has 4 rings (SSSR count). The van der Waals surface area contributed by atoms with Gasteiger partial charge in [0.2, 0.25) is 0 Å². The number of rotatable bonds is 2. The van der Waals surface area contributed by atoms with E-state index in [9.17, 15) is 0 Å². The van der Waals surface area contributed by atoms with E-state index in [-0.39, 0.29) is 0 Å². The Hall–Kier alpha value is -1.91. The molecule has 104 valence electrons. The summed E-state index contributed by atoms with van der Waals surface area (Å²) in [7, 11) is 0. The van der Waals surface area contributed by atoms with Gasteiger partial charge >= 0.3 is 0 Å². The second-order valence-corrected chi connectivity index (χ2v) is 5.74. The number of aromatic nitrogens is 4. The van der Waals surface area contributed by atoms with Crippen molar-refractivity contribution in [1.82, 2.24) is 19.9 Å². The Morgan fingerprint density at radius 3 is 3.05 bits per heavy atom. The average Bonchev–Trinajstić information content (AvgIpc) is 3.18. The maximum atomic E-state index is 4.57. The topological polar surface area (TPSA) is 57.7 Å². The van der Waals surface area contributed by atoms with Crippen molar-refractivity contribution in [2.75, 3.05) is 18.0 Å². The first-order valence-electron chi connectivity index (χ1n) is 7.49. The van der Waals surface area contributed by atoms with Gasteiger partial charge in [-0.25, -0.2) is 15.0 Å². The predicted octanol–water partition coefficient (Wildman–Crippen LogP) is 2.07. The van der Waals surface area contributed by atoms with Crippen molar-refractivity contribution < 1.29 is 0 Å². The first-order chi connectivity index (χ1) is 9.92. The summed E-state index contributed by atoms with van der Waals surface area (Å²) in [6, 6.07) is 0. The van der Waals surface area contributed by atoms with E-state index in [2.05, 4.69) is 24.8 Å². The molecular formula is C15H19N5. The SMILES string of the molecule is c1c[nH]c(C2CCCN(c3ncnc4c3CCC4)C2)n1. The zero-order valence-corrected chi connectivity index (χ0v) is 11.5. The van der Waals surface area contributed by atoms with Crippen LogP contribution in [0.5, 0.6) is 0 Å². The number of H-pyrrole nitrogens is 1. The monoisotopic (exact) mass is 269 g/mol. The molecule has 5 heteroatoms. The van der Waals surface area contributed by atoms with Crippen molar-refractivity contribution in [1.29, 1.82) is 0 Å². The van der Waals surface area contributed by atoms with E-state index in [1.165, 1.54) is 36.3 Å². The fourth-order valence-electron chi connectivity index (χ4n) is 3.51. The van der Waals surface area contributed by atoms with E-state index in [4.69, 9.17) is 0 Å². The molecule has 2 aromatic rings. The summed E-state index contributed by atoms with van der Waals surface area (Å²) in [5, 5.41) is 0. The number of nitrogens with zero attached hydrogens (tertiary/aromatic N) is 4. The molecular weight excluding hydrogens is 250 g/mol. The van der Waals surface area contributed by atoms with Gasteiger partial charge in [0.1, 0.15) is 18.0 Å². The second-order valence-electron chi connectivity index (χ2n) is 5.74. The lowest BCUT2D eigenvalue weighted by atomic mass is 9.97. The minimum Gasteiger partial charge on any atom is -0.356 e. The number of imidazole rings is 1. The first kappa shape index (κ1) is 11.9. The van der Waals surface area contributed by atoms with Crippen molar-refractivity contribution in [3.8, 4) is 0 Å². The maximum Gasteiger partial charge on any atom is 0.135 e. The molecule has 0 radical (unpaired) electrons. The average molecular weight is 269 g/mol. The zero-order valence-electron chi connectivity index (χ0n) is 11.5.